The number of thioether (sulfide) groups is 1. The summed E-state index contributed by atoms with van der Waals surface area (Å²) in [6.45, 7) is 6.70. The monoisotopic (exact) mass is 540 g/mol. The molecule has 0 fully saturated rings. The standard InChI is InChI=1S/C31H32N4O3S/c1-4-17-39-31-33-30-32-22(3)27(29(36)38-20-23-9-6-5-7-10-23)28(35(30)34-31)25-11-8-12-26(18-25)37-19-24-15-13-21(2)14-16-24/h5-16,18,28H,4,17,19-20H2,1-3H3,(H,32,33,34). The molecule has 1 aromatic heterocycles. The van der Waals surface area contributed by atoms with Gasteiger partial charge in [-0.05, 0) is 49.1 Å². The van der Waals surface area contributed by atoms with Crippen LogP contribution in [0.3, 0.4) is 0 Å². The second kappa shape index (κ2) is 12.2. The minimum Gasteiger partial charge on any atom is -0.489 e. The van der Waals surface area contributed by atoms with Crippen LogP contribution in [0.4, 0.5) is 5.95 Å². The number of rotatable bonds is 10. The van der Waals surface area contributed by atoms with Crippen molar-refractivity contribution >= 4 is 23.7 Å². The molecule has 1 unspecified atom stereocenters. The maximum atomic E-state index is 13.6. The van der Waals surface area contributed by atoms with Gasteiger partial charge in [-0.2, -0.15) is 4.98 Å². The summed E-state index contributed by atoms with van der Waals surface area (Å²) in [7, 11) is 0. The van der Waals surface area contributed by atoms with Crippen molar-refractivity contribution in [2.24, 2.45) is 0 Å². The average Bonchev–Trinajstić information content (AvgIpc) is 3.36. The summed E-state index contributed by atoms with van der Waals surface area (Å²) in [5.74, 6) is 1.82. The third kappa shape index (κ3) is 6.34. The predicted molar refractivity (Wildman–Crippen MR) is 154 cm³/mol. The van der Waals surface area contributed by atoms with Gasteiger partial charge in [-0.25, -0.2) is 9.48 Å². The molecule has 0 saturated heterocycles. The van der Waals surface area contributed by atoms with E-state index in [9.17, 15) is 4.79 Å². The molecule has 0 amide bonds. The molecule has 1 aliphatic rings. The van der Waals surface area contributed by atoms with E-state index in [1.165, 1.54) is 5.56 Å². The second-order valence-corrected chi connectivity index (χ2v) is 10.5. The van der Waals surface area contributed by atoms with Crippen molar-refractivity contribution in [2.45, 2.75) is 51.6 Å². The summed E-state index contributed by atoms with van der Waals surface area (Å²) < 4.78 is 13.7. The Morgan fingerprint density at radius 1 is 0.974 bits per heavy atom. The molecule has 0 radical (unpaired) electrons. The van der Waals surface area contributed by atoms with Gasteiger partial charge in [0.25, 0.3) is 0 Å². The molecule has 200 valence electrons. The van der Waals surface area contributed by atoms with Crippen LogP contribution in [0, 0.1) is 6.92 Å². The number of aromatic nitrogens is 3. The first-order chi connectivity index (χ1) is 19.0. The quantitative estimate of drug-likeness (QED) is 0.177. The van der Waals surface area contributed by atoms with Gasteiger partial charge in [-0.1, -0.05) is 91.0 Å². The normalized spacial score (nSPS) is 14.5. The van der Waals surface area contributed by atoms with Crippen molar-refractivity contribution in [3.8, 4) is 5.75 Å². The number of hydrogen-bond donors (Lipinski definition) is 1. The summed E-state index contributed by atoms with van der Waals surface area (Å²) >= 11 is 1.60. The van der Waals surface area contributed by atoms with Crippen molar-refractivity contribution in [1.82, 2.24) is 14.8 Å². The molecule has 1 atom stereocenters. The van der Waals surface area contributed by atoms with E-state index < -0.39 is 12.0 Å². The van der Waals surface area contributed by atoms with Gasteiger partial charge in [0.2, 0.25) is 11.1 Å². The molecule has 1 N–H and O–H groups in total. The highest BCUT2D eigenvalue weighted by atomic mass is 32.2. The number of fused-ring (bicyclic) bond motifs is 1. The number of nitrogens with zero attached hydrogens (tertiary/aromatic N) is 3. The van der Waals surface area contributed by atoms with Crippen molar-refractivity contribution in [1.29, 1.82) is 0 Å². The maximum Gasteiger partial charge on any atom is 0.338 e. The van der Waals surface area contributed by atoms with Crippen LogP contribution in [0.2, 0.25) is 0 Å². The smallest absolute Gasteiger partial charge is 0.338 e. The molecule has 0 spiro atoms. The van der Waals surface area contributed by atoms with Crippen LogP contribution in [0.15, 0.2) is 95.3 Å². The van der Waals surface area contributed by atoms with Crippen molar-refractivity contribution in [3.63, 3.8) is 0 Å². The van der Waals surface area contributed by atoms with Crippen LogP contribution in [-0.4, -0.2) is 26.5 Å². The van der Waals surface area contributed by atoms with E-state index >= 15 is 0 Å². The molecular formula is C31H32N4O3S. The fraction of sp³-hybridized carbons (Fsp3) is 0.258. The van der Waals surface area contributed by atoms with Crippen LogP contribution in [-0.2, 0) is 22.7 Å². The highest BCUT2D eigenvalue weighted by Gasteiger charge is 2.35. The Morgan fingerprint density at radius 2 is 1.74 bits per heavy atom. The fourth-order valence-corrected chi connectivity index (χ4v) is 5.07. The van der Waals surface area contributed by atoms with Gasteiger partial charge in [0, 0.05) is 11.4 Å². The number of carbonyl (C=O) groups excluding carboxylic acids is 1. The summed E-state index contributed by atoms with van der Waals surface area (Å²) in [5.41, 5.74) is 5.27. The number of anilines is 1. The van der Waals surface area contributed by atoms with Crippen LogP contribution >= 0.6 is 11.8 Å². The summed E-state index contributed by atoms with van der Waals surface area (Å²) in [4.78, 5) is 18.3. The summed E-state index contributed by atoms with van der Waals surface area (Å²) in [5, 5.41) is 8.73. The minimum atomic E-state index is -0.518. The zero-order valence-corrected chi connectivity index (χ0v) is 23.2. The lowest BCUT2D eigenvalue weighted by Gasteiger charge is -2.28. The third-order valence-electron chi connectivity index (χ3n) is 6.40. The van der Waals surface area contributed by atoms with E-state index in [-0.39, 0.29) is 6.61 Å². The van der Waals surface area contributed by atoms with E-state index in [1.54, 1.807) is 16.4 Å². The molecule has 2 heterocycles. The molecule has 0 aliphatic carbocycles. The molecule has 3 aromatic carbocycles. The van der Waals surface area contributed by atoms with Crippen molar-refractivity contribution in [3.05, 3.63) is 112 Å². The largest absolute Gasteiger partial charge is 0.489 e. The topological polar surface area (TPSA) is 78.3 Å². The molecule has 39 heavy (non-hydrogen) atoms. The van der Waals surface area contributed by atoms with Crippen LogP contribution in [0.25, 0.3) is 0 Å². The van der Waals surface area contributed by atoms with Gasteiger partial charge in [0.1, 0.15) is 25.0 Å². The Kier molecular flexibility index (Phi) is 8.32. The first kappa shape index (κ1) is 26.6. The van der Waals surface area contributed by atoms with Crippen molar-refractivity contribution in [2.75, 3.05) is 11.1 Å². The van der Waals surface area contributed by atoms with Gasteiger partial charge in [0.05, 0.1) is 5.57 Å². The molecule has 0 saturated carbocycles. The molecule has 0 bridgehead atoms. The lowest BCUT2D eigenvalue weighted by atomic mass is 9.95. The molecule has 5 rings (SSSR count). The number of nitrogens with one attached hydrogen (secondary N) is 1. The minimum absolute atomic E-state index is 0.185. The van der Waals surface area contributed by atoms with Crippen LogP contribution in [0.5, 0.6) is 5.75 Å². The number of aryl methyl sites for hydroxylation is 1. The summed E-state index contributed by atoms with van der Waals surface area (Å²) in [6.07, 6.45) is 1.01. The Morgan fingerprint density at radius 3 is 2.51 bits per heavy atom. The highest BCUT2D eigenvalue weighted by Crippen LogP contribution is 2.38. The van der Waals surface area contributed by atoms with Gasteiger partial charge < -0.3 is 14.8 Å². The first-order valence-electron chi connectivity index (χ1n) is 13.1. The number of carbonyl (C=O) groups is 1. The summed E-state index contributed by atoms with van der Waals surface area (Å²) in [6, 6.07) is 25.2. The zero-order valence-electron chi connectivity index (χ0n) is 22.4. The second-order valence-electron chi connectivity index (χ2n) is 9.49. The Hall–Kier alpha value is -4.04. The number of ether oxygens (including phenoxy) is 2. The zero-order chi connectivity index (χ0) is 27.2. The number of hydrogen-bond acceptors (Lipinski definition) is 7. The van der Waals surface area contributed by atoms with E-state index in [1.807, 2.05) is 61.5 Å². The Bertz CT molecular complexity index is 1460. The van der Waals surface area contributed by atoms with E-state index in [0.29, 0.717) is 34.7 Å². The van der Waals surface area contributed by atoms with E-state index in [0.717, 1.165) is 28.9 Å². The maximum absolute atomic E-state index is 13.6. The van der Waals surface area contributed by atoms with Gasteiger partial charge >= 0.3 is 5.97 Å². The van der Waals surface area contributed by atoms with Crippen LogP contribution < -0.4 is 10.1 Å². The molecule has 1 aliphatic heterocycles. The predicted octanol–water partition coefficient (Wildman–Crippen LogP) is 6.70. The van der Waals surface area contributed by atoms with E-state index in [4.69, 9.17) is 19.6 Å². The number of esters is 1. The lowest BCUT2D eigenvalue weighted by molar-refractivity contribution is -0.140. The third-order valence-corrected chi connectivity index (χ3v) is 7.44. The van der Waals surface area contributed by atoms with Gasteiger partial charge in [-0.15, -0.1) is 5.10 Å². The average molecular weight is 541 g/mol. The van der Waals surface area contributed by atoms with Gasteiger partial charge in [-0.3, -0.25) is 0 Å². The number of allylic oxidation sites excluding steroid dienone is 1. The Labute approximate surface area is 233 Å². The first-order valence-corrected chi connectivity index (χ1v) is 14.1. The highest BCUT2D eigenvalue weighted by molar-refractivity contribution is 7.99. The number of benzene rings is 3. The van der Waals surface area contributed by atoms with Crippen molar-refractivity contribution < 1.29 is 14.3 Å². The molecule has 7 nitrogen and oxygen atoms in total. The Balaban J connectivity index is 1.45. The van der Waals surface area contributed by atoms with E-state index in [2.05, 4.69) is 43.4 Å². The molecule has 8 heteroatoms. The fourth-order valence-electron chi connectivity index (χ4n) is 4.38. The SMILES string of the molecule is CCCSc1nc2n(n1)C(c1cccc(OCc3ccc(C)cc3)c1)C(C(=O)OCc1ccccc1)=C(C)N2. The lowest BCUT2D eigenvalue weighted by Crippen LogP contribution is -2.29. The van der Waals surface area contributed by atoms with Gasteiger partial charge in [0.15, 0.2) is 0 Å². The molecular weight excluding hydrogens is 508 g/mol. The van der Waals surface area contributed by atoms with Crippen LogP contribution in [0.1, 0.15) is 48.6 Å². The molecule has 4 aromatic rings.